The van der Waals surface area contributed by atoms with E-state index in [1.807, 2.05) is 24.3 Å². The fourth-order valence-corrected chi connectivity index (χ4v) is 3.23. The first-order valence-corrected chi connectivity index (χ1v) is 6.29. The average Bonchev–Trinajstić information content (AvgIpc) is 2.61. The molecule has 1 aromatic heterocycles. The van der Waals surface area contributed by atoms with Crippen molar-refractivity contribution in [3.8, 4) is 0 Å². The van der Waals surface area contributed by atoms with Gasteiger partial charge >= 0.3 is 0 Å². The number of fused-ring (bicyclic) bond motifs is 1. The van der Waals surface area contributed by atoms with Gasteiger partial charge in [0.2, 0.25) is 0 Å². The maximum atomic E-state index is 11.6. The Hall–Kier alpha value is -1.00. The lowest BCUT2D eigenvalue weighted by Crippen LogP contribution is -1.92. The van der Waals surface area contributed by atoms with Crippen LogP contribution in [0, 0.1) is 0 Å². The number of para-hydroxylation sites is 1. The van der Waals surface area contributed by atoms with E-state index in [2.05, 4.69) is 11.6 Å². The fraction of sp³-hybridized carbons (Fsp3) is 0.100. The molecule has 2 aromatic rings. The first-order chi connectivity index (χ1) is 6.81. The van der Waals surface area contributed by atoms with E-state index < -0.39 is 10.8 Å². The number of nitrogens with zero attached hydrogens (tertiary/aromatic N) is 1. The Morgan fingerprint density at radius 1 is 1.50 bits per heavy atom. The average molecular weight is 223 g/mol. The molecule has 14 heavy (non-hydrogen) atoms. The van der Waals surface area contributed by atoms with E-state index in [1.165, 1.54) is 11.3 Å². The van der Waals surface area contributed by atoms with Gasteiger partial charge in [0.05, 0.1) is 21.0 Å². The zero-order valence-corrected chi connectivity index (χ0v) is 9.11. The molecule has 2 rings (SSSR count). The third-order valence-electron chi connectivity index (χ3n) is 1.74. The third-order valence-corrected chi connectivity index (χ3v) is 4.40. The van der Waals surface area contributed by atoms with E-state index in [9.17, 15) is 4.21 Å². The number of hydrogen-bond acceptors (Lipinski definition) is 3. The van der Waals surface area contributed by atoms with Crippen molar-refractivity contribution in [3.05, 3.63) is 36.9 Å². The Morgan fingerprint density at radius 2 is 2.29 bits per heavy atom. The molecule has 1 heterocycles. The topological polar surface area (TPSA) is 30.0 Å². The molecular weight excluding hydrogens is 214 g/mol. The predicted octanol–water partition coefficient (Wildman–Crippen LogP) is 2.59. The van der Waals surface area contributed by atoms with Crippen LogP contribution in [0.25, 0.3) is 10.2 Å². The molecule has 0 radical (unpaired) electrons. The van der Waals surface area contributed by atoms with Crippen molar-refractivity contribution in [2.45, 2.75) is 4.34 Å². The third kappa shape index (κ3) is 1.76. The van der Waals surface area contributed by atoms with Crippen LogP contribution >= 0.6 is 11.3 Å². The molecule has 1 aromatic carbocycles. The van der Waals surface area contributed by atoms with E-state index in [1.54, 1.807) is 6.08 Å². The van der Waals surface area contributed by atoms with Crippen LogP contribution in [-0.4, -0.2) is 14.9 Å². The molecule has 0 aliphatic heterocycles. The minimum atomic E-state index is -1.03. The summed E-state index contributed by atoms with van der Waals surface area (Å²) >= 11 is 1.49. The molecule has 0 amide bonds. The Balaban J connectivity index is 2.44. The van der Waals surface area contributed by atoms with Crippen molar-refractivity contribution >= 4 is 32.4 Å². The second-order valence-corrected chi connectivity index (χ2v) is 5.45. The molecule has 0 unspecified atom stereocenters. The Labute approximate surface area is 88.8 Å². The zero-order valence-electron chi connectivity index (χ0n) is 7.47. The predicted molar refractivity (Wildman–Crippen MR) is 61.1 cm³/mol. The van der Waals surface area contributed by atoms with Gasteiger partial charge in [-0.15, -0.1) is 17.9 Å². The van der Waals surface area contributed by atoms with Crippen molar-refractivity contribution in [2.75, 3.05) is 5.75 Å². The Morgan fingerprint density at radius 3 is 3.00 bits per heavy atom. The molecule has 0 spiro atoms. The van der Waals surface area contributed by atoms with Crippen LogP contribution in [0.4, 0.5) is 0 Å². The normalized spacial score (nSPS) is 12.9. The minimum absolute atomic E-state index is 0.472. The molecule has 0 fully saturated rings. The lowest BCUT2D eigenvalue weighted by molar-refractivity contribution is 0.684. The molecule has 0 saturated heterocycles. The molecule has 0 bridgehead atoms. The van der Waals surface area contributed by atoms with Gasteiger partial charge in [0.15, 0.2) is 4.34 Å². The number of aromatic nitrogens is 1. The molecule has 72 valence electrons. The van der Waals surface area contributed by atoms with Crippen LogP contribution in [0.5, 0.6) is 0 Å². The molecule has 2 nitrogen and oxygen atoms in total. The molecule has 1 atom stereocenters. The Kier molecular flexibility index (Phi) is 2.74. The summed E-state index contributed by atoms with van der Waals surface area (Å²) in [4.78, 5) is 4.30. The summed E-state index contributed by atoms with van der Waals surface area (Å²) in [5.74, 6) is 0.472. The molecular formula is C10H9NOS2. The summed E-state index contributed by atoms with van der Waals surface area (Å²) < 4.78 is 13.4. The van der Waals surface area contributed by atoms with Crippen molar-refractivity contribution in [1.82, 2.24) is 4.98 Å². The first-order valence-electron chi connectivity index (χ1n) is 4.16. The lowest BCUT2D eigenvalue weighted by Gasteiger charge is -1.88. The molecule has 0 aliphatic carbocycles. The second kappa shape index (κ2) is 4.02. The van der Waals surface area contributed by atoms with Crippen LogP contribution < -0.4 is 0 Å². The second-order valence-electron chi connectivity index (χ2n) is 2.75. The zero-order chi connectivity index (χ0) is 9.97. The van der Waals surface area contributed by atoms with Gasteiger partial charge in [0, 0.05) is 5.75 Å². The fourth-order valence-electron chi connectivity index (χ4n) is 1.13. The quantitative estimate of drug-likeness (QED) is 0.749. The minimum Gasteiger partial charge on any atom is -0.252 e. The SMILES string of the molecule is C=CC[S@](=O)c1nc2ccccc2s1. The highest BCUT2D eigenvalue weighted by molar-refractivity contribution is 7.87. The highest BCUT2D eigenvalue weighted by atomic mass is 32.2. The lowest BCUT2D eigenvalue weighted by atomic mass is 10.3. The van der Waals surface area contributed by atoms with Gasteiger partial charge in [-0.05, 0) is 12.1 Å². The summed E-state index contributed by atoms with van der Waals surface area (Å²) in [7, 11) is -1.03. The summed E-state index contributed by atoms with van der Waals surface area (Å²) in [5, 5.41) is 0. The molecule has 4 heteroatoms. The van der Waals surface area contributed by atoms with E-state index in [0.29, 0.717) is 10.1 Å². The van der Waals surface area contributed by atoms with Crippen LogP contribution in [0.2, 0.25) is 0 Å². The van der Waals surface area contributed by atoms with Crippen LogP contribution in [0.1, 0.15) is 0 Å². The van der Waals surface area contributed by atoms with E-state index in [0.717, 1.165) is 10.2 Å². The van der Waals surface area contributed by atoms with Crippen molar-refractivity contribution in [3.63, 3.8) is 0 Å². The number of hydrogen-bond donors (Lipinski definition) is 0. The Bertz CT molecular complexity index is 457. The molecule has 0 N–H and O–H groups in total. The maximum Gasteiger partial charge on any atom is 0.182 e. The van der Waals surface area contributed by atoms with Gasteiger partial charge in [-0.3, -0.25) is 4.21 Å². The molecule has 0 aliphatic rings. The van der Waals surface area contributed by atoms with Crippen LogP contribution in [0.3, 0.4) is 0 Å². The van der Waals surface area contributed by atoms with Crippen LogP contribution in [-0.2, 0) is 10.8 Å². The largest absolute Gasteiger partial charge is 0.252 e. The highest BCUT2D eigenvalue weighted by Crippen LogP contribution is 2.23. The first kappa shape index (κ1) is 9.55. The highest BCUT2D eigenvalue weighted by Gasteiger charge is 2.08. The summed E-state index contributed by atoms with van der Waals surface area (Å²) in [6, 6.07) is 7.81. The van der Waals surface area contributed by atoms with Gasteiger partial charge < -0.3 is 0 Å². The number of thiazole rings is 1. The number of benzene rings is 1. The van der Waals surface area contributed by atoms with Gasteiger partial charge in [0.1, 0.15) is 0 Å². The summed E-state index contributed by atoms with van der Waals surface area (Å²) in [5.41, 5.74) is 0.921. The standard InChI is InChI=1S/C10H9NOS2/c1-2-7-14(12)10-11-8-5-3-4-6-9(8)13-10/h2-6H,1,7H2/t14-/m0/s1. The smallest absolute Gasteiger partial charge is 0.182 e. The van der Waals surface area contributed by atoms with Crippen molar-refractivity contribution < 1.29 is 4.21 Å². The molecule has 0 saturated carbocycles. The van der Waals surface area contributed by atoms with Crippen LogP contribution in [0.15, 0.2) is 41.3 Å². The van der Waals surface area contributed by atoms with Gasteiger partial charge in [-0.25, -0.2) is 4.98 Å². The number of rotatable bonds is 3. The summed E-state index contributed by atoms with van der Waals surface area (Å²) in [6.45, 7) is 3.56. The van der Waals surface area contributed by atoms with Crippen molar-refractivity contribution in [1.29, 1.82) is 0 Å². The van der Waals surface area contributed by atoms with Gasteiger partial charge in [-0.1, -0.05) is 18.2 Å². The van der Waals surface area contributed by atoms with E-state index in [4.69, 9.17) is 0 Å². The van der Waals surface area contributed by atoms with Gasteiger partial charge in [-0.2, -0.15) is 0 Å². The van der Waals surface area contributed by atoms with Crippen molar-refractivity contribution in [2.24, 2.45) is 0 Å². The maximum absolute atomic E-state index is 11.6. The van der Waals surface area contributed by atoms with E-state index >= 15 is 0 Å². The monoisotopic (exact) mass is 223 g/mol. The van der Waals surface area contributed by atoms with E-state index in [-0.39, 0.29) is 0 Å². The summed E-state index contributed by atoms with van der Waals surface area (Å²) in [6.07, 6.45) is 1.65. The van der Waals surface area contributed by atoms with Gasteiger partial charge in [0.25, 0.3) is 0 Å².